The minimum atomic E-state index is -0.729. The molecule has 0 unspecified atom stereocenters. The van der Waals surface area contributed by atoms with E-state index in [0.29, 0.717) is 71.0 Å². The Morgan fingerprint density at radius 2 is 1.59 bits per heavy atom. The average molecular weight is 552 g/mol. The van der Waals surface area contributed by atoms with Crippen LogP contribution in [0.15, 0.2) is 0 Å². The highest BCUT2D eigenvalue weighted by molar-refractivity contribution is 5.82. The van der Waals surface area contributed by atoms with Crippen molar-refractivity contribution in [3.8, 4) is 0 Å². The normalized spacial score (nSPS) is 27.1. The van der Waals surface area contributed by atoms with Gasteiger partial charge in [-0.15, -0.1) is 0 Å². The van der Waals surface area contributed by atoms with Gasteiger partial charge in [-0.3, -0.25) is 19.2 Å². The molecule has 11 nitrogen and oxygen atoms in total. The molecule has 4 N–H and O–H groups in total. The third-order valence-corrected chi connectivity index (χ3v) is 7.88. The standard InChI is InChI=1S/C28H49N5O6/c1-27(2,3)18-26(37)33-11-6-28(7-12-33)17-24(35)30-9-5-22-19-29-8-4-21(22)16-23(34)31-10-13-38-14-15-39-20-25(36)32-28/h21-22,29H,4-20H2,1-3H3,(H,30,35)(H,31,34)(H,32,36)/t21-,22-/m0/s1. The molecule has 0 radical (unpaired) electrons. The van der Waals surface area contributed by atoms with Gasteiger partial charge in [-0.2, -0.15) is 0 Å². The predicted molar refractivity (Wildman–Crippen MR) is 147 cm³/mol. The molecular formula is C28H49N5O6. The van der Waals surface area contributed by atoms with Crippen LogP contribution in [-0.4, -0.2) is 99.8 Å². The Balaban J connectivity index is 1.63. The number of nitrogens with one attached hydrogen (secondary N) is 4. The Bertz CT molecular complexity index is 837. The van der Waals surface area contributed by atoms with Crippen molar-refractivity contribution in [3.05, 3.63) is 0 Å². The number of likely N-dealkylation sites (tertiary alicyclic amines) is 1. The maximum atomic E-state index is 13.1. The SMILES string of the molecule is CC(C)(C)CC(=O)N1CCC2(CC1)CC(=O)NCC[C@H]1CNCC[C@H]1CC(=O)NCCOCCOCC(=O)N2. The first-order chi connectivity index (χ1) is 18.6. The molecule has 0 aromatic rings. The Morgan fingerprint density at radius 3 is 2.33 bits per heavy atom. The van der Waals surface area contributed by atoms with Crippen molar-refractivity contribution in [2.24, 2.45) is 17.3 Å². The molecule has 0 aromatic heterocycles. The third kappa shape index (κ3) is 11.0. The maximum absolute atomic E-state index is 13.1. The number of hydrogen-bond acceptors (Lipinski definition) is 7. The number of amides is 4. The van der Waals surface area contributed by atoms with Crippen LogP contribution in [0.5, 0.6) is 0 Å². The van der Waals surface area contributed by atoms with Gasteiger partial charge in [0, 0.05) is 45.4 Å². The third-order valence-electron chi connectivity index (χ3n) is 7.88. The van der Waals surface area contributed by atoms with E-state index in [9.17, 15) is 19.2 Å². The van der Waals surface area contributed by atoms with Crippen molar-refractivity contribution < 1.29 is 28.7 Å². The summed E-state index contributed by atoms with van der Waals surface area (Å²) in [5.74, 6) is 0.295. The molecular weight excluding hydrogens is 502 g/mol. The molecule has 3 saturated heterocycles. The fraction of sp³-hybridized carbons (Fsp3) is 0.857. The summed E-state index contributed by atoms with van der Waals surface area (Å²) in [5, 5.41) is 12.5. The van der Waals surface area contributed by atoms with Crippen molar-refractivity contribution in [2.75, 3.05) is 65.7 Å². The Labute approximate surface area is 232 Å². The zero-order valence-corrected chi connectivity index (χ0v) is 24.1. The number of carbonyl (C=O) groups is 4. The van der Waals surface area contributed by atoms with E-state index < -0.39 is 5.54 Å². The maximum Gasteiger partial charge on any atom is 0.246 e. The van der Waals surface area contributed by atoms with Crippen molar-refractivity contribution >= 4 is 23.6 Å². The molecule has 0 saturated carbocycles. The molecule has 0 aromatic carbocycles. The molecule has 3 fully saturated rings. The zero-order chi connectivity index (χ0) is 28.3. The quantitative estimate of drug-likeness (QED) is 0.374. The molecule has 3 aliphatic heterocycles. The number of ether oxygens (including phenoxy) is 2. The minimum Gasteiger partial charge on any atom is -0.377 e. The molecule has 1 spiro atoms. The van der Waals surface area contributed by atoms with E-state index in [0.717, 1.165) is 25.9 Å². The van der Waals surface area contributed by atoms with Crippen LogP contribution in [0.4, 0.5) is 0 Å². The van der Waals surface area contributed by atoms with Gasteiger partial charge < -0.3 is 35.6 Å². The first-order valence-electron chi connectivity index (χ1n) is 14.5. The van der Waals surface area contributed by atoms with Crippen LogP contribution in [0.3, 0.4) is 0 Å². The lowest BCUT2D eigenvalue weighted by molar-refractivity contribution is -0.136. The number of rotatable bonds is 1. The summed E-state index contributed by atoms with van der Waals surface area (Å²) < 4.78 is 11.0. The van der Waals surface area contributed by atoms with E-state index in [1.807, 2.05) is 25.7 Å². The average Bonchev–Trinajstić information content (AvgIpc) is 2.85. The minimum absolute atomic E-state index is 0.0242. The van der Waals surface area contributed by atoms with Gasteiger partial charge in [0.1, 0.15) is 6.61 Å². The second-order valence-electron chi connectivity index (χ2n) is 12.5. The van der Waals surface area contributed by atoms with E-state index in [2.05, 4.69) is 21.3 Å². The summed E-state index contributed by atoms with van der Waals surface area (Å²) in [6.07, 6.45) is 3.81. The van der Waals surface area contributed by atoms with Gasteiger partial charge in [-0.1, -0.05) is 20.8 Å². The number of nitrogens with zero attached hydrogens (tertiary/aromatic N) is 1. The monoisotopic (exact) mass is 551 g/mol. The molecule has 11 heteroatoms. The van der Waals surface area contributed by atoms with Crippen molar-refractivity contribution in [3.63, 3.8) is 0 Å². The lowest BCUT2D eigenvalue weighted by atomic mass is 9.81. The molecule has 39 heavy (non-hydrogen) atoms. The van der Waals surface area contributed by atoms with Crippen LogP contribution in [-0.2, 0) is 28.7 Å². The van der Waals surface area contributed by atoms with Crippen LogP contribution in [0.25, 0.3) is 0 Å². The van der Waals surface area contributed by atoms with Gasteiger partial charge in [0.15, 0.2) is 0 Å². The van der Waals surface area contributed by atoms with Gasteiger partial charge in [0.05, 0.1) is 25.4 Å². The van der Waals surface area contributed by atoms with Crippen LogP contribution in [0.1, 0.15) is 65.7 Å². The topological polar surface area (TPSA) is 138 Å². The lowest BCUT2D eigenvalue weighted by Crippen LogP contribution is -2.58. The smallest absolute Gasteiger partial charge is 0.246 e. The van der Waals surface area contributed by atoms with Gasteiger partial charge in [-0.25, -0.2) is 0 Å². The van der Waals surface area contributed by atoms with Crippen LogP contribution >= 0.6 is 0 Å². The molecule has 2 atom stereocenters. The summed E-state index contributed by atoms with van der Waals surface area (Å²) in [6, 6.07) is 0. The highest BCUT2D eigenvalue weighted by atomic mass is 16.5. The molecule has 0 bridgehead atoms. The Kier molecular flexibility index (Phi) is 12.0. The molecule has 3 aliphatic rings. The van der Waals surface area contributed by atoms with E-state index >= 15 is 0 Å². The largest absolute Gasteiger partial charge is 0.377 e. The van der Waals surface area contributed by atoms with Gasteiger partial charge in [0.2, 0.25) is 23.6 Å². The Morgan fingerprint density at radius 1 is 0.897 bits per heavy atom. The second-order valence-corrected chi connectivity index (χ2v) is 12.5. The second kappa shape index (κ2) is 14.9. The summed E-state index contributed by atoms with van der Waals surface area (Å²) >= 11 is 0. The molecule has 3 rings (SSSR count). The highest BCUT2D eigenvalue weighted by Crippen LogP contribution is 2.29. The summed E-state index contributed by atoms with van der Waals surface area (Å²) in [6.45, 7) is 10.6. The summed E-state index contributed by atoms with van der Waals surface area (Å²) in [5.41, 5.74) is -0.830. The lowest BCUT2D eigenvalue weighted by Gasteiger charge is -2.42. The number of hydrogen-bond donors (Lipinski definition) is 4. The first kappa shape index (κ1) is 31.3. The van der Waals surface area contributed by atoms with Crippen LogP contribution in [0, 0.1) is 17.3 Å². The first-order valence-corrected chi connectivity index (χ1v) is 14.5. The number of fused-ring (bicyclic) bond motifs is 1. The van der Waals surface area contributed by atoms with Gasteiger partial charge in [0.25, 0.3) is 0 Å². The predicted octanol–water partition coefficient (Wildman–Crippen LogP) is 0.575. The van der Waals surface area contributed by atoms with Crippen molar-refractivity contribution in [1.82, 2.24) is 26.2 Å². The molecule has 3 heterocycles. The van der Waals surface area contributed by atoms with E-state index in [1.54, 1.807) is 0 Å². The molecule has 222 valence electrons. The van der Waals surface area contributed by atoms with E-state index in [1.165, 1.54) is 0 Å². The summed E-state index contributed by atoms with van der Waals surface area (Å²) in [4.78, 5) is 53.0. The fourth-order valence-electron chi connectivity index (χ4n) is 5.74. The summed E-state index contributed by atoms with van der Waals surface area (Å²) in [7, 11) is 0. The Hall–Kier alpha value is -2.24. The van der Waals surface area contributed by atoms with E-state index in [-0.39, 0.29) is 54.6 Å². The molecule has 0 aliphatic carbocycles. The van der Waals surface area contributed by atoms with E-state index in [4.69, 9.17) is 9.47 Å². The van der Waals surface area contributed by atoms with Crippen LogP contribution < -0.4 is 21.3 Å². The molecule has 4 amide bonds. The van der Waals surface area contributed by atoms with Gasteiger partial charge >= 0.3 is 0 Å². The fourth-order valence-corrected chi connectivity index (χ4v) is 5.74. The number of piperidine rings is 2. The van der Waals surface area contributed by atoms with Crippen LogP contribution in [0.2, 0.25) is 0 Å². The van der Waals surface area contributed by atoms with Gasteiger partial charge in [-0.05, 0) is 56.0 Å². The number of carbonyl (C=O) groups excluding carboxylic acids is 4. The zero-order valence-electron chi connectivity index (χ0n) is 24.1. The van der Waals surface area contributed by atoms with Crippen molar-refractivity contribution in [1.29, 1.82) is 0 Å². The highest BCUT2D eigenvalue weighted by Gasteiger charge is 2.39. The van der Waals surface area contributed by atoms with Crippen molar-refractivity contribution in [2.45, 2.75) is 71.3 Å².